The van der Waals surface area contributed by atoms with Crippen molar-refractivity contribution >= 4 is 6.09 Å². The van der Waals surface area contributed by atoms with Gasteiger partial charge >= 0.3 is 6.09 Å². The Balaban J connectivity index is 1.94. The van der Waals surface area contributed by atoms with Crippen LogP contribution < -0.4 is 0 Å². The third-order valence-corrected chi connectivity index (χ3v) is 4.27. The lowest BCUT2D eigenvalue weighted by Gasteiger charge is -2.24. The lowest BCUT2D eigenvalue weighted by atomic mass is 9.99. The predicted molar refractivity (Wildman–Crippen MR) is 95.8 cm³/mol. The maximum absolute atomic E-state index is 12.3. The number of nitrogens with zero attached hydrogens (tertiary/aromatic N) is 1. The standard InChI is InChI=1S/C20H31NO3/c1-5-6-12-17-13-21(19(22)24-20(2,3)4)14-18(17)23-15-16-10-8-7-9-11-16/h7-11,17-18H,5-6,12-15H2,1-4H3. The van der Waals surface area contributed by atoms with Crippen LogP contribution in [-0.2, 0) is 16.1 Å². The van der Waals surface area contributed by atoms with Crippen LogP contribution in [0.25, 0.3) is 0 Å². The highest BCUT2D eigenvalue weighted by Gasteiger charge is 2.37. The molecule has 0 N–H and O–H groups in total. The van der Waals surface area contributed by atoms with Crippen LogP contribution in [0.2, 0.25) is 0 Å². The Hall–Kier alpha value is -1.55. The summed E-state index contributed by atoms with van der Waals surface area (Å²) in [5.74, 6) is 0.390. The maximum Gasteiger partial charge on any atom is 0.410 e. The summed E-state index contributed by atoms with van der Waals surface area (Å²) in [5.41, 5.74) is 0.710. The van der Waals surface area contributed by atoms with E-state index in [1.165, 1.54) is 5.56 Å². The Morgan fingerprint density at radius 2 is 1.92 bits per heavy atom. The van der Waals surface area contributed by atoms with Crippen molar-refractivity contribution < 1.29 is 14.3 Å². The molecular weight excluding hydrogens is 302 g/mol. The number of likely N-dealkylation sites (tertiary alicyclic amines) is 1. The van der Waals surface area contributed by atoms with Gasteiger partial charge in [0.05, 0.1) is 19.3 Å². The first-order chi connectivity index (χ1) is 11.4. The van der Waals surface area contributed by atoms with Gasteiger partial charge in [-0.2, -0.15) is 0 Å². The summed E-state index contributed by atoms with van der Waals surface area (Å²) in [6.45, 7) is 9.85. The third kappa shape index (κ3) is 5.82. The van der Waals surface area contributed by atoms with E-state index >= 15 is 0 Å². The van der Waals surface area contributed by atoms with Crippen LogP contribution in [0.3, 0.4) is 0 Å². The van der Waals surface area contributed by atoms with E-state index in [-0.39, 0.29) is 12.2 Å². The Kier molecular flexibility index (Phi) is 6.67. The van der Waals surface area contributed by atoms with Crippen molar-refractivity contribution in [3.8, 4) is 0 Å². The van der Waals surface area contributed by atoms with Crippen LogP contribution in [0.15, 0.2) is 30.3 Å². The summed E-state index contributed by atoms with van der Waals surface area (Å²) < 4.78 is 11.7. The molecule has 0 bridgehead atoms. The summed E-state index contributed by atoms with van der Waals surface area (Å²) in [7, 11) is 0. The van der Waals surface area contributed by atoms with Gasteiger partial charge in [0.15, 0.2) is 0 Å². The molecule has 2 atom stereocenters. The average molecular weight is 333 g/mol. The Morgan fingerprint density at radius 1 is 1.21 bits per heavy atom. The quantitative estimate of drug-likeness (QED) is 0.762. The second kappa shape index (κ2) is 8.52. The zero-order valence-corrected chi connectivity index (χ0v) is 15.5. The van der Waals surface area contributed by atoms with Gasteiger partial charge in [0.2, 0.25) is 0 Å². The maximum atomic E-state index is 12.3. The Labute approximate surface area is 146 Å². The highest BCUT2D eigenvalue weighted by atomic mass is 16.6. The normalized spacial score (nSPS) is 21.1. The minimum atomic E-state index is -0.459. The molecule has 0 saturated carbocycles. The highest BCUT2D eigenvalue weighted by molar-refractivity contribution is 5.68. The smallest absolute Gasteiger partial charge is 0.410 e. The molecule has 1 aromatic rings. The molecule has 1 amide bonds. The van der Waals surface area contributed by atoms with E-state index in [9.17, 15) is 4.79 Å². The number of ether oxygens (including phenoxy) is 2. The second-order valence-corrected chi connectivity index (χ2v) is 7.62. The molecule has 0 aliphatic carbocycles. The molecule has 1 aromatic carbocycles. The summed E-state index contributed by atoms with van der Waals surface area (Å²) >= 11 is 0. The van der Waals surface area contributed by atoms with Crippen molar-refractivity contribution in [2.24, 2.45) is 5.92 Å². The van der Waals surface area contributed by atoms with Crippen LogP contribution in [0.1, 0.15) is 52.5 Å². The van der Waals surface area contributed by atoms with Crippen molar-refractivity contribution in [3.63, 3.8) is 0 Å². The number of unbranched alkanes of at least 4 members (excludes halogenated alkanes) is 1. The first kappa shape index (κ1) is 18.8. The fourth-order valence-electron chi connectivity index (χ4n) is 3.03. The minimum Gasteiger partial charge on any atom is -0.444 e. The van der Waals surface area contributed by atoms with Gasteiger partial charge in [-0.25, -0.2) is 4.79 Å². The highest BCUT2D eigenvalue weighted by Crippen LogP contribution is 2.27. The molecule has 1 fully saturated rings. The average Bonchev–Trinajstić information content (AvgIpc) is 2.93. The van der Waals surface area contributed by atoms with Gasteiger partial charge in [0.1, 0.15) is 5.60 Å². The molecule has 4 nitrogen and oxygen atoms in total. The lowest BCUT2D eigenvalue weighted by Crippen LogP contribution is -2.36. The molecule has 1 saturated heterocycles. The summed E-state index contributed by atoms with van der Waals surface area (Å²) in [6, 6.07) is 10.2. The number of hydrogen-bond acceptors (Lipinski definition) is 3. The van der Waals surface area contributed by atoms with Gasteiger partial charge in [-0.1, -0.05) is 50.1 Å². The molecule has 0 radical (unpaired) electrons. The van der Waals surface area contributed by atoms with E-state index in [1.54, 1.807) is 4.90 Å². The molecule has 4 heteroatoms. The van der Waals surface area contributed by atoms with Gasteiger partial charge in [-0.3, -0.25) is 0 Å². The SMILES string of the molecule is CCCCC1CN(C(=O)OC(C)(C)C)CC1OCc1ccccc1. The lowest BCUT2D eigenvalue weighted by molar-refractivity contribution is 0.0112. The Bertz CT molecular complexity index is 509. The fourth-order valence-corrected chi connectivity index (χ4v) is 3.03. The third-order valence-electron chi connectivity index (χ3n) is 4.27. The van der Waals surface area contributed by atoms with Crippen LogP contribution in [0.4, 0.5) is 4.79 Å². The van der Waals surface area contributed by atoms with Crippen molar-refractivity contribution in [2.75, 3.05) is 13.1 Å². The summed E-state index contributed by atoms with van der Waals surface area (Å²) in [4.78, 5) is 14.2. The van der Waals surface area contributed by atoms with Crippen LogP contribution >= 0.6 is 0 Å². The molecule has 1 aliphatic rings. The zero-order valence-electron chi connectivity index (χ0n) is 15.5. The number of carbonyl (C=O) groups is 1. The monoisotopic (exact) mass is 333 g/mol. The van der Waals surface area contributed by atoms with Crippen molar-refractivity contribution in [1.82, 2.24) is 4.90 Å². The van der Waals surface area contributed by atoms with Crippen LogP contribution in [0.5, 0.6) is 0 Å². The number of hydrogen-bond donors (Lipinski definition) is 0. The van der Waals surface area contributed by atoms with Crippen molar-refractivity contribution in [3.05, 3.63) is 35.9 Å². The number of amides is 1. The number of rotatable bonds is 6. The molecule has 24 heavy (non-hydrogen) atoms. The fraction of sp³-hybridized carbons (Fsp3) is 0.650. The van der Waals surface area contributed by atoms with E-state index in [0.29, 0.717) is 19.1 Å². The molecule has 2 rings (SSSR count). The van der Waals surface area contributed by atoms with Crippen LogP contribution in [0, 0.1) is 5.92 Å². The van der Waals surface area contributed by atoms with Gasteiger partial charge in [0.25, 0.3) is 0 Å². The molecule has 0 aromatic heterocycles. The summed E-state index contributed by atoms with van der Waals surface area (Å²) in [6.07, 6.45) is 3.28. The minimum absolute atomic E-state index is 0.0873. The van der Waals surface area contributed by atoms with Gasteiger partial charge in [0, 0.05) is 12.5 Å². The van der Waals surface area contributed by atoms with E-state index in [1.807, 2.05) is 39.0 Å². The second-order valence-electron chi connectivity index (χ2n) is 7.62. The van der Waals surface area contributed by atoms with Crippen molar-refractivity contribution in [1.29, 1.82) is 0 Å². The molecule has 2 unspecified atom stereocenters. The summed E-state index contributed by atoms with van der Waals surface area (Å²) in [5, 5.41) is 0. The predicted octanol–water partition coefficient (Wildman–Crippen LogP) is 4.63. The molecular formula is C20H31NO3. The molecule has 134 valence electrons. The van der Waals surface area contributed by atoms with Crippen molar-refractivity contribution in [2.45, 2.75) is 65.3 Å². The van der Waals surface area contributed by atoms with Gasteiger partial charge < -0.3 is 14.4 Å². The molecule has 1 aliphatic heterocycles. The van der Waals surface area contributed by atoms with E-state index in [2.05, 4.69) is 19.1 Å². The molecule has 1 heterocycles. The first-order valence-corrected chi connectivity index (χ1v) is 9.02. The van der Waals surface area contributed by atoms with Crippen LogP contribution in [-0.4, -0.2) is 35.8 Å². The molecule has 0 spiro atoms. The first-order valence-electron chi connectivity index (χ1n) is 9.02. The zero-order chi connectivity index (χ0) is 17.6. The van der Waals surface area contributed by atoms with Gasteiger partial charge in [-0.05, 0) is 32.8 Å². The van der Waals surface area contributed by atoms with Gasteiger partial charge in [-0.15, -0.1) is 0 Å². The van der Waals surface area contributed by atoms with E-state index in [4.69, 9.17) is 9.47 Å². The number of benzene rings is 1. The van der Waals surface area contributed by atoms with E-state index in [0.717, 1.165) is 25.8 Å². The van der Waals surface area contributed by atoms with E-state index < -0.39 is 5.60 Å². The topological polar surface area (TPSA) is 38.8 Å². The Morgan fingerprint density at radius 3 is 2.54 bits per heavy atom. The largest absolute Gasteiger partial charge is 0.444 e. The number of carbonyl (C=O) groups excluding carboxylic acids is 1.